The molecule has 0 aromatic heterocycles. The standard InChI is InChI=1S/C18H37N/c1-4-7-9-11-13-17(14-12-10-8-5-2)18-15-19(6-3)16-18/h17-18H,4-16H2,1-3H3. The Balaban J connectivity index is 2.19. The van der Waals surface area contributed by atoms with Crippen molar-refractivity contribution in [2.75, 3.05) is 19.6 Å². The van der Waals surface area contributed by atoms with Gasteiger partial charge in [0.05, 0.1) is 0 Å². The topological polar surface area (TPSA) is 3.24 Å². The van der Waals surface area contributed by atoms with E-state index in [0.29, 0.717) is 0 Å². The molecular formula is C18H37N. The van der Waals surface area contributed by atoms with Gasteiger partial charge in [-0.25, -0.2) is 0 Å². The van der Waals surface area contributed by atoms with Crippen LogP contribution >= 0.6 is 0 Å². The van der Waals surface area contributed by atoms with E-state index in [1.54, 1.807) is 0 Å². The van der Waals surface area contributed by atoms with Crippen LogP contribution in [0.4, 0.5) is 0 Å². The maximum atomic E-state index is 2.61. The van der Waals surface area contributed by atoms with Gasteiger partial charge in [-0.1, -0.05) is 85.0 Å². The second kappa shape index (κ2) is 10.7. The Labute approximate surface area is 122 Å². The molecule has 1 aliphatic heterocycles. The molecule has 0 amide bonds. The van der Waals surface area contributed by atoms with Gasteiger partial charge in [-0.05, 0) is 18.4 Å². The summed E-state index contributed by atoms with van der Waals surface area (Å²) < 4.78 is 0. The molecule has 114 valence electrons. The zero-order chi connectivity index (χ0) is 13.9. The molecule has 0 unspecified atom stereocenters. The zero-order valence-electron chi connectivity index (χ0n) is 13.8. The minimum absolute atomic E-state index is 1.03. The summed E-state index contributed by atoms with van der Waals surface area (Å²) in [5.41, 5.74) is 0. The maximum absolute atomic E-state index is 2.61. The van der Waals surface area contributed by atoms with Crippen LogP contribution in [-0.2, 0) is 0 Å². The molecule has 19 heavy (non-hydrogen) atoms. The van der Waals surface area contributed by atoms with Crippen molar-refractivity contribution in [2.24, 2.45) is 11.8 Å². The van der Waals surface area contributed by atoms with Gasteiger partial charge in [0.15, 0.2) is 0 Å². The molecule has 0 N–H and O–H groups in total. The molecule has 1 heteroatoms. The van der Waals surface area contributed by atoms with Gasteiger partial charge in [0.25, 0.3) is 0 Å². The summed E-state index contributed by atoms with van der Waals surface area (Å²) in [4.78, 5) is 2.61. The van der Waals surface area contributed by atoms with Gasteiger partial charge >= 0.3 is 0 Å². The third-order valence-corrected chi connectivity index (χ3v) is 4.96. The Hall–Kier alpha value is -0.0400. The first kappa shape index (κ1) is 17.0. The first-order chi connectivity index (χ1) is 9.31. The maximum Gasteiger partial charge on any atom is 0.00246 e. The van der Waals surface area contributed by atoms with Crippen LogP contribution in [0.25, 0.3) is 0 Å². The van der Waals surface area contributed by atoms with Crippen molar-refractivity contribution in [3.63, 3.8) is 0 Å². The van der Waals surface area contributed by atoms with Crippen LogP contribution in [0.3, 0.4) is 0 Å². The average molecular weight is 268 g/mol. The summed E-state index contributed by atoms with van der Waals surface area (Å²) in [6, 6.07) is 0. The van der Waals surface area contributed by atoms with Gasteiger partial charge in [-0.15, -0.1) is 0 Å². The van der Waals surface area contributed by atoms with E-state index in [0.717, 1.165) is 11.8 Å². The van der Waals surface area contributed by atoms with E-state index >= 15 is 0 Å². The van der Waals surface area contributed by atoms with Crippen molar-refractivity contribution >= 4 is 0 Å². The molecule has 0 aliphatic carbocycles. The molecule has 0 saturated carbocycles. The molecule has 0 aromatic rings. The smallest absolute Gasteiger partial charge is 0.00246 e. The molecule has 1 aliphatic rings. The third-order valence-electron chi connectivity index (χ3n) is 4.96. The highest BCUT2D eigenvalue weighted by Gasteiger charge is 2.31. The van der Waals surface area contributed by atoms with Crippen molar-refractivity contribution in [1.29, 1.82) is 0 Å². The minimum atomic E-state index is 1.03. The first-order valence-corrected chi connectivity index (χ1v) is 9.04. The third kappa shape index (κ3) is 6.79. The van der Waals surface area contributed by atoms with E-state index in [1.165, 1.54) is 83.8 Å². The predicted octanol–water partition coefficient (Wildman–Crippen LogP) is 5.50. The number of likely N-dealkylation sites (tertiary alicyclic amines) is 1. The summed E-state index contributed by atoms with van der Waals surface area (Å²) in [5, 5.41) is 0. The fourth-order valence-corrected chi connectivity index (χ4v) is 3.45. The Morgan fingerprint density at radius 2 is 1.32 bits per heavy atom. The normalized spacial score (nSPS) is 17.1. The SMILES string of the molecule is CCCCCCC(CCCCCC)C1CN(CC)C1. The highest BCUT2D eigenvalue weighted by Crippen LogP contribution is 2.31. The number of rotatable bonds is 12. The highest BCUT2D eigenvalue weighted by atomic mass is 15.2. The van der Waals surface area contributed by atoms with Gasteiger partial charge < -0.3 is 4.90 Å². The summed E-state index contributed by atoms with van der Waals surface area (Å²) in [6.07, 6.45) is 14.5. The molecule has 0 spiro atoms. The number of nitrogens with zero attached hydrogens (tertiary/aromatic N) is 1. The van der Waals surface area contributed by atoms with Crippen LogP contribution in [0.2, 0.25) is 0 Å². The van der Waals surface area contributed by atoms with Crippen LogP contribution in [0.5, 0.6) is 0 Å². The Morgan fingerprint density at radius 3 is 1.74 bits per heavy atom. The summed E-state index contributed by atoms with van der Waals surface area (Å²) in [7, 11) is 0. The lowest BCUT2D eigenvalue weighted by atomic mass is 9.79. The second-order valence-electron chi connectivity index (χ2n) is 6.57. The molecule has 1 fully saturated rings. The summed E-state index contributed by atoms with van der Waals surface area (Å²) in [5.74, 6) is 2.07. The van der Waals surface area contributed by atoms with Gasteiger partial charge in [0.2, 0.25) is 0 Å². The van der Waals surface area contributed by atoms with E-state index in [-0.39, 0.29) is 0 Å². The van der Waals surface area contributed by atoms with Crippen molar-refractivity contribution < 1.29 is 0 Å². The van der Waals surface area contributed by atoms with E-state index in [4.69, 9.17) is 0 Å². The molecular weight excluding hydrogens is 230 g/mol. The second-order valence-corrected chi connectivity index (χ2v) is 6.57. The molecule has 0 bridgehead atoms. The van der Waals surface area contributed by atoms with Crippen LogP contribution in [0.1, 0.15) is 85.0 Å². The summed E-state index contributed by atoms with van der Waals surface area (Å²) >= 11 is 0. The molecule has 1 saturated heterocycles. The quantitative estimate of drug-likeness (QED) is 0.422. The van der Waals surface area contributed by atoms with Crippen LogP contribution in [-0.4, -0.2) is 24.5 Å². The zero-order valence-corrected chi connectivity index (χ0v) is 13.8. The van der Waals surface area contributed by atoms with Crippen LogP contribution in [0, 0.1) is 11.8 Å². The molecule has 0 radical (unpaired) electrons. The number of hydrogen-bond donors (Lipinski definition) is 0. The van der Waals surface area contributed by atoms with E-state index in [2.05, 4.69) is 25.7 Å². The van der Waals surface area contributed by atoms with Crippen molar-refractivity contribution in [2.45, 2.75) is 85.0 Å². The van der Waals surface area contributed by atoms with Crippen LogP contribution < -0.4 is 0 Å². The van der Waals surface area contributed by atoms with Gasteiger partial charge in [-0.3, -0.25) is 0 Å². The van der Waals surface area contributed by atoms with Crippen molar-refractivity contribution in [3.05, 3.63) is 0 Å². The predicted molar refractivity (Wildman–Crippen MR) is 86.6 cm³/mol. The highest BCUT2D eigenvalue weighted by molar-refractivity contribution is 4.84. The molecule has 0 aromatic carbocycles. The molecule has 0 atom stereocenters. The average Bonchev–Trinajstić information content (AvgIpc) is 2.37. The molecule has 1 nitrogen and oxygen atoms in total. The lowest BCUT2D eigenvalue weighted by Crippen LogP contribution is -2.49. The largest absolute Gasteiger partial charge is 0.303 e. The fourth-order valence-electron chi connectivity index (χ4n) is 3.45. The van der Waals surface area contributed by atoms with E-state index in [9.17, 15) is 0 Å². The number of unbranched alkanes of at least 4 members (excludes halogenated alkanes) is 6. The first-order valence-electron chi connectivity index (χ1n) is 9.04. The van der Waals surface area contributed by atoms with E-state index < -0.39 is 0 Å². The summed E-state index contributed by atoms with van der Waals surface area (Å²) in [6.45, 7) is 11.0. The van der Waals surface area contributed by atoms with Gasteiger partial charge in [0, 0.05) is 13.1 Å². The Bertz CT molecular complexity index is 184. The van der Waals surface area contributed by atoms with E-state index in [1.807, 2.05) is 0 Å². The van der Waals surface area contributed by atoms with Crippen molar-refractivity contribution in [3.8, 4) is 0 Å². The Kier molecular flexibility index (Phi) is 9.59. The molecule has 1 heterocycles. The minimum Gasteiger partial charge on any atom is -0.303 e. The van der Waals surface area contributed by atoms with Crippen molar-refractivity contribution in [1.82, 2.24) is 4.90 Å². The number of hydrogen-bond acceptors (Lipinski definition) is 1. The Morgan fingerprint density at radius 1 is 0.789 bits per heavy atom. The van der Waals surface area contributed by atoms with Gasteiger partial charge in [-0.2, -0.15) is 0 Å². The van der Waals surface area contributed by atoms with Gasteiger partial charge in [0.1, 0.15) is 0 Å². The fraction of sp³-hybridized carbons (Fsp3) is 1.00. The lowest BCUT2D eigenvalue weighted by Gasteiger charge is -2.43. The van der Waals surface area contributed by atoms with Crippen LogP contribution in [0.15, 0.2) is 0 Å². The lowest BCUT2D eigenvalue weighted by molar-refractivity contribution is 0.0533. The molecule has 1 rings (SSSR count). The monoisotopic (exact) mass is 267 g/mol.